The Morgan fingerprint density at radius 2 is 1.67 bits per heavy atom. The van der Waals surface area contributed by atoms with Crippen molar-refractivity contribution >= 4 is 11.6 Å². The molecule has 0 aromatic heterocycles. The van der Waals surface area contributed by atoms with Crippen LogP contribution in [-0.4, -0.2) is 50.1 Å². The quantitative estimate of drug-likeness (QED) is 0.788. The normalized spacial score (nSPS) is 16.2. The van der Waals surface area contributed by atoms with Gasteiger partial charge in [0.05, 0.1) is 0 Å². The van der Waals surface area contributed by atoms with Crippen LogP contribution in [0.2, 0.25) is 0 Å². The van der Waals surface area contributed by atoms with Crippen LogP contribution in [0.25, 0.3) is 0 Å². The number of piperazine rings is 1. The summed E-state index contributed by atoms with van der Waals surface area (Å²) in [7, 11) is 2.15. The van der Waals surface area contributed by atoms with Crippen LogP contribution in [0.15, 0.2) is 48.5 Å². The number of rotatable bonds is 6. The van der Waals surface area contributed by atoms with Crippen LogP contribution in [0.4, 0.5) is 5.69 Å². The van der Waals surface area contributed by atoms with Gasteiger partial charge < -0.3 is 19.9 Å². The first kappa shape index (κ1) is 22.2. The highest BCUT2D eigenvalue weighted by Gasteiger charge is 2.19. The summed E-state index contributed by atoms with van der Waals surface area (Å²) in [5.74, 6) is 0.603. The van der Waals surface area contributed by atoms with Gasteiger partial charge in [0.15, 0.2) is 6.10 Å². The van der Waals surface area contributed by atoms with E-state index in [1.165, 1.54) is 11.3 Å². The minimum absolute atomic E-state index is 0.0959. The molecule has 1 heterocycles. The van der Waals surface area contributed by atoms with Gasteiger partial charge in [0.2, 0.25) is 0 Å². The molecular formula is C25H35N3O2. The second kappa shape index (κ2) is 9.52. The molecule has 0 spiro atoms. The molecule has 0 radical (unpaired) electrons. The second-order valence-electron chi connectivity index (χ2n) is 9.17. The van der Waals surface area contributed by atoms with Gasteiger partial charge in [0.25, 0.3) is 5.91 Å². The van der Waals surface area contributed by atoms with E-state index in [9.17, 15) is 4.79 Å². The van der Waals surface area contributed by atoms with Gasteiger partial charge >= 0.3 is 0 Å². The number of carbonyl (C=O) groups is 1. The highest BCUT2D eigenvalue weighted by molar-refractivity contribution is 5.80. The molecule has 1 aliphatic heterocycles. The van der Waals surface area contributed by atoms with Gasteiger partial charge in [-0.1, -0.05) is 51.1 Å². The summed E-state index contributed by atoms with van der Waals surface area (Å²) in [5, 5.41) is 3.04. The molecular weight excluding hydrogens is 374 g/mol. The van der Waals surface area contributed by atoms with Gasteiger partial charge in [-0.05, 0) is 48.7 Å². The van der Waals surface area contributed by atoms with E-state index in [0.29, 0.717) is 12.3 Å². The lowest BCUT2D eigenvalue weighted by Crippen LogP contribution is -2.45. The van der Waals surface area contributed by atoms with E-state index in [-0.39, 0.29) is 11.3 Å². The first-order valence-corrected chi connectivity index (χ1v) is 10.8. The first-order valence-electron chi connectivity index (χ1n) is 10.8. The van der Waals surface area contributed by atoms with Crippen molar-refractivity contribution in [3.63, 3.8) is 0 Å². The summed E-state index contributed by atoms with van der Waals surface area (Å²) in [5.41, 5.74) is 3.68. The van der Waals surface area contributed by atoms with Crippen molar-refractivity contribution in [2.45, 2.75) is 45.8 Å². The van der Waals surface area contributed by atoms with E-state index in [4.69, 9.17) is 4.74 Å². The fourth-order valence-corrected chi connectivity index (χ4v) is 3.63. The van der Waals surface area contributed by atoms with Gasteiger partial charge in [0, 0.05) is 38.4 Å². The Kier molecular flexibility index (Phi) is 7.03. The number of nitrogens with one attached hydrogen (secondary N) is 1. The van der Waals surface area contributed by atoms with Gasteiger partial charge in [-0.15, -0.1) is 0 Å². The number of benzene rings is 2. The average molecular weight is 410 g/mol. The third-order valence-electron chi connectivity index (χ3n) is 5.69. The van der Waals surface area contributed by atoms with Gasteiger partial charge in [0.1, 0.15) is 5.75 Å². The summed E-state index contributed by atoms with van der Waals surface area (Å²) in [6.45, 7) is 12.9. The molecule has 5 nitrogen and oxygen atoms in total. The summed E-state index contributed by atoms with van der Waals surface area (Å²) >= 11 is 0. The maximum absolute atomic E-state index is 12.6. The Morgan fingerprint density at radius 1 is 1.03 bits per heavy atom. The molecule has 0 bridgehead atoms. The SMILES string of the molecule is CC(Oc1ccc(C(C)(C)C)cc1)C(=O)NCc1ccccc1N1CCN(C)CC1. The molecule has 162 valence electrons. The molecule has 5 heteroatoms. The van der Waals surface area contributed by atoms with Gasteiger partial charge in [-0.2, -0.15) is 0 Å². The minimum Gasteiger partial charge on any atom is -0.481 e. The van der Waals surface area contributed by atoms with Crippen LogP contribution < -0.4 is 15.0 Å². The highest BCUT2D eigenvalue weighted by atomic mass is 16.5. The smallest absolute Gasteiger partial charge is 0.261 e. The lowest BCUT2D eigenvalue weighted by atomic mass is 9.87. The second-order valence-corrected chi connectivity index (χ2v) is 9.17. The lowest BCUT2D eigenvalue weighted by molar-refractivity contribution is -0.127. The number of anilines is 1. The summed E-state index contributed by atoms with van der Waals surface area (Å²) in [4.78, 5) is 17.4. The predicted octanol–water partition coefficient (Wildman–Crippen LogP) is 3.82. The fourth-order valence-electron chi connectivity index (χ4n) is 3.63. The molecule has 2 aromatic rings. The van der Waals surface area contributed by atoms with Gasteiger partial charge in [-0.3, -0.25) is 4.79 Å². The third-order valence-corrected chi connectivity index (χ3v) is 5.69. The van der Waals surface area contributed by atoms with E-state index in [2.05, 4.69) is 73.3 Å². The summed E-state index contributed by atoms with van der Waals surface area (Å²) < 4.78 is 5.86. The molecule has 30 heavy (non-hydrogen) atoms. The molecule has 0 saturated carbocycles. The van der Waals surface area contributed by atoms with Crippen LogP contribution in [0.1, 0.15) is 38.8 Å². The Bertz CT molecular complexity index is 834. The third kappa shape index (κ3) is 5.76. The molecule has 1 amide bonds. The first-order chi connectivity index (χ1) is 14.2. The van der Waals surface area contributed by atoms with Crippen LogP contribution in [0.3, 0.4) is 0 Å². The summed E-state index contributed by atoms with van der Waals surface area (Å²) in [6.07, 6.45) is -0.554. The van der Waals surface area contributed by atoms with Crippen molar-refractivity contribution in [1.82, 2.24) is 10.2 Å². The predicted molar refractivity (Wildman–Crippen MR) is 123 cm³/mol. The minimum atomic E-state index is -0.554. The number of hydrogen-bond donors (Lipinski definition) is 1. The molecule has 1 aliphatic rings. The molecule has 1 fully saturated rings. The molecule has 1 unspecified atom stereocenters. The van der Waals surface area contributed by atoms with E-state index in [1.807, 2.05) is 18.2 Å². The van der Waals surface area contributed by atoms with Crippen molar-refractivity contribution in [2.24, 2.45) is 0 Å². The Labute approximate surface area is 181 Å². The van der Waals surface area contributed by atoms with Crippen molar-refractivity contribution in [3.05, 3.63) is 59.7 Å². The zero-order chi connectivity index (χ0) is 21.7. The van der Waals surface area contributed by atoms with Crippen molar-refractivity contribution in [1.29, 1.82) is 0 Å². The molecule has 0 aliphatic carbocycles. The summed E-state index contributed by atoms with van der Waals surface area (Å²) in [6, 6.07) is 16.3. The Balaban J connectivity index is 1.56. The van der Waals surface area contributed by atoms with E-state index < -0.39 is 6.10 Å². The molecule has 1 saturated heterocycles. The zero-order valence-electron chi connectivity index (χ0n) is 18.9. The standard InChI is InChI=1S/C25H35N3O2/c1-19(30-22-12-10-21(11-13-22)25(2,3)4)24(29)26-18-20-8-6-7-9-23(20)28-16-14-27(5)15-17-28/h6-13,19H,14-18H2,1-5H3,(H,26,29). The molecule has 1 atom stereocenters. The van der Waals surface area contributed by atoms with E-state index >= 15 is 0 Å². The zero-order valence-corrected chi connectivity index (χ0v) is 18.9. The van der Waals surface area contributed by atoms with Crippen LogP contribution in [-0.2, 0) is 16.8 Å². The maximum Gasteiger partial charge on any atom is 0.261 e. The average Bonchev–Trinajstić information content (AvgIpc) is 2.72. The fraction of sp³-hybridized carbons (Fsp3) is 0.480. The largest absolute Gasteiger partial charge is 0.481 e. The van der Waals surface area contributed by atoms with Crippen molar-refractivity contribution in [3.8, 4) is 5.75 Å². The number of nitrogens with zero attached hydrogens (tertiary/aromatic N) is 2. The molecule has 3 rings (SSSR count). The monoisotopic (exact) mass is 409 g/mol. The molecule has 2 aromatic carbocycles. The molecule has 1 N–H and O–H groups in total. The lowest BCUT2D eigenvalue weighted by Gasteiger charge is -2.35. The van der Waals surface area contributed by atoms with Crippen LogP contribution in [0, 0.1) is 0 Å². The number of hydrogen-bond acceptors (Lipinski definition) is 4. The number of para-hydroxylation sites is 1. The van der Waals surface area contributed by atoms with Crippen LogP contribution in [0.5, 0.6) is 5.75 Å². The maximum atomic E-state index is 12.6. The van der Waals surface area contributed by atoms with Crippen molar-refractivity contribution in [2.75, 3.05) is 38.1 Å². The Morgan fingerprint density at radius 3 is 2.30 bits per heavy atom. The number of ether oxygens (including phenoxy) is 1. The van der Waals surface area contributed by atoms with E-state index in [0.717, 1.165) is 31.7 Å². The number of likely N-dealkylation sites (N-methyl/N-ethyl adjacent to an activating group) is 1. The van der Waals surface area contributed by atoms with Crippen molar-refractivity contribution < 1.29 is 9.53 Å². The highest BCUT2D eigenvalue weighted by Crippen LogP contribution is 2.25. The van der Waals surface area contributed by atoms with Gasteiger partial charge in [-0.25, -0.2) is 0 Å². The number of amides is 1. The van der Waals surface area contributed by atoms with Crippen LogP contribution >= 0.6 is 0 Å². The topological polar surface area (TPSA) is 44.8 Å². The van der Waals surface area contributed by atoms with E-state index in [1.54, 1.807) is 6.92 Å². The Hall–Kier alpha value is -2.53. The number of carbonyl (C=O) groups excluding carboxylic acids is 1.